The first kappa shape index (κ1) is 19.4. The predicted octanol–water partition coefficient (Wildman–Crippen LogP) is 4.65. The fraction of sp³-hybridized carbons (Fsp3) is 0.375. The monoisotopic (exact) mass is 391 g/mol. The molecule has 1 aromatic heterocycles. The van der Waals surface area contributed by atoms with Crippen molar-refractivity contribution in [1.82, 2.24) is 9.88 Å². The summed E-state index contributed by atoms with van der Waals surface area (Å²) < 4.78 is 5.39. The summed E-state index contributed by atoms with van der Waals surface area (Å²) in [6, 6.07) is 14.1. The van der Waals surface area contributed by atoms with Gasteiger partial charge in [-0.05, 0) is 73.7 Å². The SMILES string of the molecule is CCN(C)c1ccc(C(=O)N2CCC(c3c[nH]c4ccc(OC)cc34)CC2)cc1. The van der Waals surface area contributed by atoms with Gasteiger partial charge in [-0.3, -0.25) is 4.79 Å². The molecule has 1 saturated heterocycles. The molecule has 0 spiro atoms. The number of nitrogens with zero attached hydrogens (tertiary/aromatic N) is 2. The normalized spacial score (nSPS) is 14.9. The molecule has 0 aliphatic carbocycles. The molecule has 0 radical (unpaired) electrons. The largest absolute Gasteiger partial charge is 0.497 e. The summed E-state index contributed by atoms with van der Waals surface area (Å²) in [7, 11) is 3.76. The second-order valence-corrected chi connectivity index (χ2v) is 7.78. The van der Waals surface area contributed by atoms with E-state index < -0.39 is 0 Å². The number of carbonyl (C=O) groups excluding carboxylic acids is 1. The molecule has 1 aliphatic heterocycles. The van der Waals surface area contributed by atoms with E-state index in [1.807, 2.05) is 35.2 Å². The van der Waals surface area contributed by atoms with Gasteiger partial charge in [-0.1, -0.05) is 0 Å². The van der Waals surface area contributed by atoms with E-state index in [4.69, 9.17) is 4.74 Å². The van der Waals surface area contributed by atoms with Crippen LogP contribution in [-0.4, -0.2) is 49.6 Å². The van der Waals surface area contributed by atoms with Crippen LogP contribution >= 0.6 is 0 Å². The average Bonchev–Trinajstić information content (AvgIpc) is 3.21. The Morgan fingerprint density at radius 2 is 1.90 bits per heavy atom. The van der Waals surface area contributed by atoms with Crippen LogP contribution in [0.2, 0.25) is 0 Å². The van der Waals surface area contributed by atoms with Crippen LogP contribution in [0, 0.1) is 0 Å². The van der Waals surface area contributed by atoms with Crippen molar-refractivity contribution < 1.29 is 9.53 Å². The predicted molar refractivity (Wildman–Crippen MR) is 118 cm³/mol. The van der Waals surface area contributed by atoms with E-state index in [-0.39, 0.29) is 5.91 Å². The van der Waals surface area contributed by atoms with E-state index in [9.17, 15) is 4.79 Å². The number of likely N-dealkylation sites (tertiary alicyclic amines) is 1. The van der Waals surface area contributed by atoms with Gasteiger partial charge in [0.05, 0.1) is 7.11 Å². The van der Waals surface area contributed by atoms with Crippen LogP contribution in [-0.2, 0) is 0 Å². The molecular weight excluding hydrogens is 362 g/mol. The van der Waals surface area contributed by atoms with E-state index in [0.29, 0.717) is 5.92 Å². The topological polar surface area (TPSA) is 48.6 Å². The quantitative estimate of drug-likeness (QED) is 0.689. The third kappa shape index (κ3) is 3.82. The number of aromatic amines is 1. The Bertz CT molecular complexity index is 985. The van der Waals surface area contributed by atoms with Crippen molar-refractivity contribution in [2.24, 2.45) is 0 Å². The Morgan fingerprint density at radius 3 is 2.55 bits per heavy atom. The molecule has 2 aromatic carbocycles. The zero-order valence-electron chi connectivity index (χ0n) is 17.4. The number of nitrogens with one attached hydrogen (secondary N) is 1. The van der Waals surface area contributed by atoms with E-state index in [1.165, 1.54) is 10.9 Å². The molecule has 29 heavy (non-hydrogen) atoms. The molecule has 5 nitrogen and oxygen atoms in total. The molecule has 4 rings (SSSR count). The highest BCUT2D eigenvalue weighted by atomic mass is 16.5. The number of amides is 1. The summed E-state index contributed by atoms with van der Waals surface area (Å²) in [6.45, 7) is 4.64. The van der Waals surface area contributed by atoms with Crippen molar-refractivity contribution in [3.05, 3.63) is 59.8 Å². The van der Waals surface area contributed by atoms with Gasteiger partial charge in [-0.15, -0.1) is 0 Å². The molecule has 1 fully saturated rings. The van der Waals surface area contributed by atoms with E-state index in [2.05, 4.69) is 42.2 Å². The van der Waals surface area contributed by atoms with Crippen molar-refractivity contribution in [2.45, 2.75) is 25.7 Å². The number of hydrogen-bond donors (Lipinski definition) is 1. The minimum Gasteiger partial charge on any atom is -0.497 e. The number of H-pyrrole nitrogens is 1. The number of piperidine rings is 1. The first-order valence-electron chi connectivity index (χ1n) is 10.4. The van der Waals surface area contributed by atoms with Crippen molar-refractivity contribution in [3.8, 4) is 5.75 Å². The number of rotatable bonds is 5. The molecule has 1 N–H and O–H groups in total. The minimum atomic E-state index is 0.134. The fourth-order valence-electron chi connectivity index (χ4n) is 4.20. The maximum Gasteiger partial charge on any atom is 0.253 e. The number of aromatic nitrogens is 1. The van der Waals surface area contributed by atoms with E-state index >= 15 is 0 Å². The molecule has 0 bridgehead atoms. The highest BCUT2D eigenvalue weighted by molar-refractivity contribution is 5.94. The molecule has 1 aliphatic rings. The zero-order valence-corrected chi connectivity index (χ0v) is 17.4. The molecular formula is C24H29N3O2. The Labute approximate surface area is 172 Å². The molecule has 3 aromatic rings. The second-order valence-electron chi connectivity index (χ2n) is 7.78. The highest BCUT2D eigenvalue weighted by Gasteiger charge is 2.26. The lowest BCUT2D eigenvalue weighted by molar-refractivity contribution is 0.0713. The van der Waals surface area contributed by atoms with Gasteiger partial charge in [-0.2, -0.15) is 0 Å². The molecule has 0 saturated carbocycles. The Balaban J connectivity index is 1.43. The molecule has 1 amide bonds. The lowest BCUT2D eigenvalue weighted by atomic mass is 9.89. The van der Waals surface area contributed by atoms with Gasteiger partial charge in [-0.25, -0.2) is 0 Å². The van der Waals surface area contributed by atoms with Crippen LogP contribution in [0.3, 0.4) is 0 Å². The van der Waals surface area contributed by atoms with Gasteiger partial charge < -0.3 is 19.5 Å². The second kappa shape index (κ2) is 8.19. The summed E-state index contributed by atoms with van der Waals surface area (Å²) in [5.74, 6) is 1.47. The molecule has 2 heterocycles. The lowest BCUT2D eigenvalue weighted by Crippen LogP contribution is -2.37. The van der Waals surface area contributed by atoms with Crippen molar-refractivity contribution in [1.29, 1.82) is 0 Å². The summed E-state index contributed by atoms with van der Waals surface area (Å²) in [4.78, 5) is 20.5. The summed E-state index contributed by atoms with van der Waals surface area (Å²) in [6.07, 6.45) is 4.08. The number of ether oxygens (including phenoxy) is 1. The van der Waals surface area contributed by atoms with Crippen LogP contribution in [0.15, 0.2) is 48.7 Å². The molecule has 0 atom stereocenters. The zero-order chi connectivity index (χ0) is 20.4. The Morgan fingerprint density at radius 1 is 1.17 bits per heavy atom. The number of methoxy groups -OCH3 is 1. The highest BCUT2D eigenvalue weighted by Crippen LogP contribution is 2.35. The number of anilines is 1. The fourth-order valence-corrected chi connectivity index (χ4v) is 4.20. The maximum absolute atomic E-state index is 12.9. The summed E-state index contributed by atoms with van der Waals surface area (Å²) in [5.41, 5.74) is 4.38. The number of benzene rings is 2. The van der Waals surface area contributed by atoms with Gasteiger partial charge >= 0.3 is 0 Å². The van der Waals surface area contributed by atoms with Crippen LogP contribution in [0.4, 0.5) is 5.69 Å². The standard InChI is InChI=1S/C24H29N3O2/c1-4-26(2)19-7-5-18(6-8-19)24(28)27-13-11-17(12-14-27)22-16-25-23-10-9-20(29-3)15-21(22)23/h5-10,15-17,25H,4,11-14H2,1-3H3. The van der Waals surface area contributed by atoms with Gasteiger partial charge in [0, 0.05) is 55.0 Å². The van der Waals surface area contributed by atoms with Gasteiger partial charge in [0.2, 0.25) is 0 Å². The third-order valence-corrected chi connectivity index (χ3v) is 6.17. The van der Waals surface area contributed by atoms with Crippen molar-refractivity contribution in [2.75, 3.05) is 38.7 Å². The minimum absolute atomic E-state index is 0.134. The number of carbonyl (C=O) groups is 1. The number of hydrogen-bond acceptors (Lipinski definition) is 3. The summed E-state index contributed by atoms with van der Waals surface area (Å²) in [5, 5.41) is 1.23. The smallest absolute Gasteiger partial charge is 0.253 e. The van der Waals surface area contributed by atoms with Gasteiger partial charge in [0.1, 0.15) is 5.75 Å². The lowest BCUT2D eigenvalue weighted by Gasteiger charge is -2.32. The van der Waals surface area contributed by atoms with Crippen LogP contribution in [0.1, 0.15) is 41.6 Å². The Kier molecular flexibility index (Phi) is 5.47. The Hall–Kier alpha value is -2.95. The maximum atomic E-state index is 12.9. The molecule has 5 heteroatoms. The first-order chi connectivity index (χ1) is 14.1. The molecule has 0 unspecified atom stereocenters. The van der Waals surface area contributed by atoms with Crippen molar-refractivity contribution in [3.63, 3.8) is 0 Å². The van der Waals surface area contributed by atoms with Crippen LogP contribution in [0.25, 0.3) is 10.9 Å². The van der Waals surface area contributed by atoms with Gasteiger partial charge in [0.25, 0.3) is 5.91 Å². The third-order valence-electron chi connectivity index (χ3n) is 6.17. The molecule has 152 valence electrons. The van der Waals surface area contributed by atoms with Crippen molar-refractivity contribution >= 4 is 22.5 Å². The van der Waals surface area contributed by atoms with Crippen LogP contribution in [0.5, 0.6) is 5.75 Å². The van der Waals surface area contributed by atoms with Gasteiger partial charge in [0.15, 0.2) is 0 Å². The average molecular weight is 392 g/mol. The number of fused-ring (bicyclic) bond motifs is 1. The van der Waals surface area contributed by atoms with E-state index in [0.717, 1.165) is 55.0 Å². The van der Waals surface area contributed by atoms with Crippen LogP contribution < -0.4 is 9.64 Å². The van der Waals surface area contributed by atoms with E-state index in [1.54, 1.807) is 7.11 Å². The first-order valence-corrected chi connectivity index (χ1v) is 10.4. The summed E-state index contributed by atoms with van der Waals surface area (Å²) >= 11 is 0.